The van der Waals surface area contributed by atoms with Crippen LogP contribution < -0.4 is 10.6 Å². The van der Waals surface area contributed by atoms with Crippen molar-refractivity contribution in [2.45, 2.75) is 19.9 Å². The van der Waals surface area contributed by atoms with Gasteiger partial charge in [0, 0.05) is 10.7 Å². The molecule has 1 N–H and O–H groups in total. The number of aromatic nitrogens is 2. The van der Waals surface area contributed by atoms with Gasteiger partial charge in [-0.25, -0.2) is 9.98 Å². The summed E-state index contributed by atoms with van der Waals surface area (Å²) in [5.41, 5.74) is 3.10. The van der Waals surface area contributed by atoms with E-state index in [-0.39, 0.29) is 11.5 Å². The van der Waals surface area contributed by atoms with Crippen molar-refractivity contribution in [1.82, 2.24) is 14.9 Å². The molecule has 0 fully saturated rings. The minimum atomic E-state index is -0.607. The maximum absolute atomic E-state index is 13.6. The molecular weight excluding hydrogens is 484 g/mol. The van der Waals surface area contributed by atoms with Crippen molar-refractivity contribution in [2.24, 2.45) is 16.0 Å². The molecule has 0 saturated carbocycles. The van der Waals surface area contributed by atoms with E-state index in [9.17, 15) is 9.59 Å². The average Bonchev–Trinajstić information content (AvgIpc) is 3.38. The maximum Gasteiger partial charge on any atom is 0.262 e. The fourth-order valence-electron chi connectivity index (χ4n) is 4.64. The molecule has 10 heteroatoms. The standard InChI is InChI=1S/C25H19ClN6O2S/c1-13-19(24(34)32(30-13)17-6-4-3-5-7-17)18-12-35-25-29-22-20(23(33)28-14(2)27-22)21(31(18)25)15-8-10-16(26)11-9-15/h3-12,19,21H,1-2H3,(H,27,28,33). The number of nitrogens with one attached hydrogen (secondary N) is 1. The monoisotopic (exact) mass is 502 g/mol. The molecule has 0 aliphatic carbocycles. The second-order valence-electron chi connectivity index (χ2n) is 8.43. The number of aryl methyl sites for hydroxylation is 1. The molecule has 0 bridgehead atoms. The molecule has 35 heavy (non-hydrogen) atoms. The van der Waals surface area contributed by atoms with E-state index in [0.717, 1.165) is 11.3 Å². The first-order valence-corrected chi connectivity index (χ1v) is 12.2. The smallest absolute Gasteiger partial charge is 0.262 e. The molecule has 8 nitrogen and oxygen atoms in total. The van der Waals surface area contributed by atoms with Crippen molar-refractivity contribution in [2.75, 3.05) is 5.01 Å². The van der Waals surface area contributed by atoms with E-state index in [1.54, 1.807) is 19.1 Å². The number of aliphatic imine (C=N–C) groups is 1. The fourth-order valence-corrected chi connectivity index (χ4v) is 5.70. The van der Waals surface area contributed by atoms with Crippen molar-refractivity contribution in [1.29, 1.82) is 0 Å². The average molecular weight is 503 g/mol. The number of anilines is 1. The minimum Gasteiger partial charge on any atom is -0.311 e. The van der Waals surface area contributed by atoms with Crippen LogP contribution in [-0.2, 0) is 4.79 Å². The van der Waals surface area contributed by atoms with Crippen LogP contribution in [0, 0.1) is 12.8 Å². The number of carbonyl (C=O) groups is 1. The normalized spacial score (nSPS) is 20.9. The third-order valence-electron chi connectivity index (χ3n) is 6.17. The molecule has 0 saturated heterocycles. The lowest BCUT2D eigenvalue weighted by Gasteiger charge is -2.36. The van der Waals surface area contributed by atoms with Gasteiger partial charge in [-0.2, -0.15) is 10.1 Å². The van der Waals surface area contributed by atoms with Gasteiger partial charge in [-0.3, -0.25) is 9.59 Å². The lowest BCUT2D eigenvalue weighted by molar-refractivity contribution is -0.119. The molecule has 3 aromatic rings. The van der Waals surface area contributed by atoms with Crippen LogP contribution in [0.2, 0.25) is 5.02 Å². The van der Waals surface area contributed by atoms with Gasteiger partial charge in [0.2, 0.25) is 0 Å². The molecule has 2 atom stereocenters. The fraction of sp³-hybridized carbons (Fsp3) is 0.160. The number of halogens is 1. The van der Waals surface area contributed by atoms with E-state index in [0.29, 0.717) is 38.8 Å². The summed E-state index contributed by atoms with van der Waals surface area (Å²) < 4.78 is 0. The van der Waals surface area contributed by atoms with Gasteiger partial charge in [-0.15, -0.1) is 0 Å². The molecular formula is C25H19ClN6O2S. The second-order valence-corrected chi connectivity index (χ2v) is 9.70. The number of hydrazone groups is 1. The number of rotatable bonds is 3. The van der Waals surface area contributed by atoms with Crippen molar-refractivity contribution in [3.05, 3.63) is 98.0 Å². The van der Waals surface area contributed by atoms with E-state index in [4.69, 9.17) is 16.6 Å². The molecule has 1 aromatic heterocycles. The third-order valence-corrected chi connectivity index (χ3v) is 7.28. The summed E-state index contributed by atoms with van der Waals surface area (Å²) in [5, 5.41) is 9.18. The molecule has 2 unspecified atom stereocenters. The number of benzene rings is 2. The van der Waals surface area contributed by atoms with Crippen LogP contribution in [0.5, 0.6) is 0 Å². The number of para-hydroxylation sites is 1. The number of thioether (sulfide) groups is 1. The predicted molar refractivity (Wildman–Crippen MR) is 138 cm³/mol. The SMILES string of the molecule is CC1=NN(c2ccccc2)C(=O)C1C1=CSC2=Nc3nc(C)[nH]c(=O)c3C(c3ccc(Cl)cc3)N12. The van der Waals surface area contributed by atoms with Gasteiger partial charge in [0.25, 0.3) is 11.5 Å². The first-order chi connectivity index (χ1) is 16.9. The summed E-state index contributed by atoms with van der Waals surface area (Å²) >= 11 is 7.57. The van der Waals surface area contributed by atoms with Gasteiger partial charge in [-0.1, -0.05) is 53.7 Å². The third kappa shape index (κ3) is 3.50. The van der Waals surface area contributed by atoms with Gasteiger partial charge >= 0.3 is 0 Å². The first kappa shape index (κ1) is 21.8. The molecule has 4 heterocycles. The minimum absolute atomic E-state index is 0.154. The van der Waals surface area contributed by atoms with Crippen LogP contribution in [0.3, 0.4) is 0 Å². The summed E-state index contributed by atoms with van der Waals surface area (Å²) in [6.45, 7) is 3.57. The van der Waals surface area contributed by atoms with Crippen LogP contribution in [0.15, 0.2) is 80.6 Å². The van der Waals surface area contributed by atoms with Crippen LogP contribution in [0.1, 0.15) is 29.9 Å². The molecule has 3 aliphatic rings. The molecule has 0 radical (unpaired) electrons. The topological polar surface area (TPSA) is 94.0 Å². The molecule has 6 rings (SSSR count). The Kier molecular flexibility index (Phi) is 5.12. The number of hydrogen-bond donors (Lipinski definition) is 1. The van der Waals surface area contributed by atoms with Gasteiger partial charge in [-0.05, 0) is 49.1 Å². The Morgan fingerprint density at radius 3 is 2.51 bits per heavy atom. The van der Waals surface area contributed by atoms with E-state index >= 15 is 0 Å². The first-order valence-electron chi connectivity index (χ1n) is 11.0. The summed E-state index contributed by atoms with van der Waals surface area (Å²) in [5.74, 6) is 0.112. The van der Waals surface area contributed by atoms with Crippen LogP contribution in [-0.4, -0.2) is 31.7 Å². The lowest BCUT2D eigenvalue weighted by Crippen LogP contribution is -2.41. The van der Waals surface area contributed by atoms with Gasteiger partial charge < -0.3 is 9.88 Å². The highest BCUT2D eigenvalue weighted by Gasteiger charge is 2.47. The van der Waals surface area contributed by atoms with Gasteiger partial charge in [0.05, 0.1) is 23.0 Å². The van der Waals surface area contributed by atoms with Crippen molar-refractivity contribution >= 4 is 51.7 Å². The largest absolute Gasteiger partial charge is 0.311 e. The Morgan fingerprint density at radius 2 is 1.77 bits per heavy atom. The number of H-pyrrole nitrogens is 1. The van der Waals surface area contributed by atoms with E-state index in [1.165, 1.54) is 16.8 Å². The van der Waals surface area contributed by atoms with Gasteiger partial charge in [0.1, 0.15) is 11.7 Å². The van der Waals surface area contributed by atoms with Crippen molar-refractivity contribution in [3.8, 4) is 0 Å². The Bertz CT molecular complexity index is 1510. The number of fused-ring (bicyclic) bond motifs is 2. The Hall–Kier alpha value is -3.69. The maximum atomic E-state index is 13.6. The Balaban J connectivity index is 1.47. The van der Waals surface area contributed by atoms with Crippen LogP contribution in [0.25, 0.3) is 0 Å². The molecule has 3 aliphatic heterocycles. The summed E-state index contributed by atoms with van der Waals surface area (Å²) in [6, 6.07) is 16.1. The summed E-state index contributed by atoms with van der Waals surface area (Å²) in [6.07, 6.45) is 0. The number of nitrogens with zero attached hydrogens (tertiary/aromatic N) is 5. The summed E-state index contributed by atoms with van der Waals surface area (Å²) in [7, 11) is 0. The predicted octanol–water partition coefficient (Wildman–Crippen LogP) is 4.75. The highest BCUT2D eigenvalue weighted by Crippen LogP contribution is 2.47. The molecule has 2 aromatic carbocycles. The highest BCUT2D eigenvalue weighted by molar-refractivity contribution is 8.16. The van der Waals surface area contributed by atoms with Crippen LogP contribution >= 0.6 is 23.4 Å². The van der Waals surface area contributed by atoms with Gasteiger partial charge in [0.15, 0.2) is 11.0 Å². The zero-order valence-electron chi connectivity index (χ0n) is 18.8. The van der Waals surface area contributed by atoms with E-state index in [1.807, 2.05) is 59.7 Å². The number of hydrogen-bond acceptors (Lipinski definition) is 7. The molecule has 174 valence electrons. The zero-order valence-corrected chi connectivity index (χ0v) is 20.3. The molecule has 1 amide bonds. The van der Waals surface area contributed by atoms with E-state index < -0.39 is 12.0 Å². The second kappa shape index (κ2) is 8.21. The quantitative estimate of drug-likeness (QED) is 0.557. The summed E-state index contributed by atoms with van der Waals surface area (Å²) in [4.78, 5) is 40.8. The Morgan fingerprint density at radius 1 is 1.03 bits per heavy atom. The van der Waals surface area contributed by atoms with Crippen molar-refractivity contribution in [3.63, 3.8) is 0 Å². The Labute approximate surface area is 210 Å². The number of carbonyl (C=O) groups excluding carboxylic acids is 1. The highest BCUT2D eigenvalue weighted by atomic mass is 35.5. The molecule has 0 spiro atoms. The number of aromatic amines is 1. The number of amides is 1. The zero-order chi connectivity index (χ0) is 24.3. The van der Waals surface area contributed by atoms with Crippen LogP contribution in [0.4, 0.5) is 11.5 Å². The van der Waals surface area contributed by atoms with E-state index in [2.05, 4.69) is 15.1 Å². The van der Waals surface area contributed by atoms with Crippen molar-refractivity contribution < 1.29 is 4.79 Å². The number of amidine groups is 1. The lowest BCUT2D eigenvalue weighted by atomic mass is 9.93.